The first-order valence-corrected chi connectivity index (χ1v) is 10.2. The maximum atomic E-state index is 13.1. The van der Waals surface area contributed by atoms with Crippen molar-refractivity contribution in [1.82, 2.24) is 14.9 Å². The van der Waals surface area contributed by atoms with E-state index in [4.69, 9.17) is 20.4 Å². The van der Waals surface area contributed by atoms with Crippen molar-refractivity contribution in [2.24, 2.45) is 5.73 Å². The highest BCUT2D eigenvalue weighted by Gasteiger charge is 2.19. The first-order chi connectivity index (χ1) is 15.0. The third-order valence-electron chi connectivity index (χ3n) is 5.16. The summed E-state index contributed by atoms with van der Waals surface area (Å²) in [6.07, 6.45) is 0.773. The van der Waals surface area contributed by atoms with Gasteiger partial charge in [0.1, 0.15) is 23.1 Å². The molecule has 1 heterocycles. The fourth-order valence-electron chi connectivity index (χ4n) is 3.56. The van der Waals surface area contributed by atoms with Crippen LogP contribution >= 0.6 is 0 Å². The highest BCUT2D eigenvalue weighted by atomic mass is 19.1. The van der Waals surface area contributed by atoms with Gasteiger partial charge < -0.3 is 10.5 Å². The fourth-order valence-corrected chi connectivity index (χ4v) is 3.56. The van der Waals surface area contributed by atoms with Crippen molar-refractivity contribution in [1.29, 1.82) is 0 Å². The molecule has 0 aliphatic rings. The molecule has 0 aliphatic carbocycles. The monoisotopic (exact) mass is 416 g/mol. The second-order valence-electron chi connectivity index (χ2n) is 7.58. The summed E-state index contributed by atoms with van der Waals surface area (Å²) in [5.74, 6) is 1.72. The van der Waals surface area contributed by atoms with Crippen LogP contribution in [0.25, 0.3) is 22.2 Å². The lowest BCUT2D eigenvalue weighted by Crippen LogP contribution is -2.25. The van der Waals surface area contributed by atoms with E-state index in [2.05, 4.69) is 4.90 Å². The van der Waals surface area contributed by atoms with E-state index in [0.29, 0.717) is 18.0 Å². The SMILES string of the molecule is CN(C)C(CCN)c1nc(-c2ccc(Oc3ccc(F)cc3)cc2)c2ccccc2n1. The molecule has 0 radical (unpaired) electrons. The molecule has 0 fully saturated rings. The van der Waals surface area contributed by atoms with Gasteiger partial charge in [-0.25, -0.2) is 14.4 Å². The summed E-state index contributed by atoms with van der Waals surface area (Å²) < 4.78 is 18.9. The maximum Gasteiger partial charge on any atom is 0.146 e. The van der Waals surface area contributed by atoms with Gasteiger partial charge in [-0.15, -0.1) is 0 Å². The van der Waals surface area contributed by atoms with E-state index in [1.807, 2.05) is 62.6 Å². The Morgan fingerprint density at radius 3 is 2.19 bits per heavy atom. The van der Waals surface area contributed by atoms with Crippen LogP contribution in [0.3, 0.4) is 0 Å². The van der Waals surface area contributed by atoms with Crippen LogP contribution in [-0.4, -0.2) is 35.5 Å². The number of nitrogens with two attached hydrogens (primary N) is 1. The fraction of sp³-hybridized carbons (Fsp3) is 0.200. The lowest BCUT2D eigenvalue weighted by Gasteiger charge is -2.23. The molecule has 4 aromatic rings. The van der Waals surface area contributed by atoms with Gasteiger partial charge in [0.05, 0.1) is 17.3 Å². The summed E-state index contributed by atoms with van der Waals surface area (Å²) in [6, 6.07) is 21.7. The van der Waals surface area contributed by atoms with Crippen molar-refractivity contribution >= 4 is 10.9 Å². The molecule has 0 amide bonds. The van der Waals surface area contributed by atoms with Gasteiger partial charge in [0.15, 0.2) is 0 Å². The van der Waals surface area contributed by atoms with Crippen LogP contribution in [0.15, 0.2) is 72.8 Å². The minimum atomic E-state index is -0.292. The van der Waals surface area contributed by atoms with Gasteiger partial charge >= 0.3 is 0 Å². The number of rotatable bonds is 7. The minimum Gasteiger partial charge on any atom is -0.457 e. The summed E-state index contributed by atoms with van der Waals surface area (Å²) in [7, 11) is 4.03. The standard InChI is InChI=1S/C25H25FN4O/c1-30(2)23(15-16-27)25-28-22-6-4-3-5-21(22)24(29-25)17-7-11-19(12-8-17)31-20-13-9-18(26)10-14-20/h3-14,23H,15-16,27H2,1-2H3. The minimum absolute atomic E-state index is 0.0365. The van der Waals surface area contributed by atoms with E-state index in [9.17, 15) is 4.39 Å². The molecule has 1 aromatic heterocycles. The molecule has 2 N–H and O–H groups in total. The van der Waals surface area contributed by atoms with Crippen LogP contribution in [0.2, 0.25) is 0 Å². The van der Waals surface area contributed by atoms with Gasteiger partial charge in [-0.2, -0.15) is 0 Å². The van der Waals surface area contributed by atoms with Gasteiger partial charge in [-0.05, 0) is 81.7 Å². The molecule has 0 aliphatic heterocycles. The predicted molar refractivity (Wildman–Crippen MR) is 122 cm³/mol. The number of aromatic nitrogens is 2. The van der Waals surface area contributed by atoms with Crippen LogP contribution < -0.4 is 10.5 Å². The molecule has 6 heteroatoms. The van der Waals surface area contributed by atoms with Crippen molar-refractivity contribution < 1.29 is 9.13 Å². The number of ether oxygens (including phenoxy) is 1. The van der Waals surface area contributed by atoms with E-state index in [1.165, 1.54) is 12.1 Å². The molecule has 0 bridgehead atoms. The van der Waals surface area contributed by atoms with Crippen LogP contribution in [0.5, 0.6) is 11.5 Å². The molecule has 1 unspecified atom stereocenters. The van der Waals surface area contributed by atoms with Crippen molar-refractivity contribution in [2.45, 2.75) is 12.5 Å². The van der Waals surface area contributed by atoms with E-state index in [1.54, 1.807) is 12.1 Å². The topological polar surface area (TPSA) is 64.3 Å². The van der Waals surface area contributed by atoms with E-state index in [0.717, 1.165) is 34.4 Å². The zero-order valence-electron chi connectivity index (χ0n) is 17.6. The molecule has 0 spiro atoms. The van der Waals surface area contributed by atoms with Crippen LogP contribution in [-0.2, 0) is 0 Å². The van der Waals surface area contributed by atoms with Crippen molar-refractivity contribution in [3.63, 3.8) is 0 Å². The first kappa shape index (κ1) is 20.9. The zero-order valence-corrected chi connectivity index (χ0v) is 17.6. The second kappa shape index (κ2) is 9.20. The highest BCUT2D eigenvalue weighted by molar-refractivity contribution is 5.92. The second-order valence-corrected chi connectivity index (χ2v) is 7.58. The quantitative estimate of drug-likeness (QED) is 0.450. The first-order valence-electron chi connectivity index (χ1n) is 10.2. The van der Waals surface area contributed by atoms with Crippen LogP contribution in [0, 0.1) is 5.82 Å². The van der Waals surface area contributed by atoms with Gasteiger partial charge in [0, 0.05) is 10.9 Å². The summed E-state index contributed by atoms with van der Waals surface area (Å²) in [5, 5.41) is 0.990. The smallest absolute Gasteiger partial charge is 0.146 e. The van der Waals surface area contributed by atoms with E-state index < -0.39 is 0 Å². The summed E-state index contributed by atoms with van der Waals surface area (Å²) in [5.41, 5.74) is 8.58. The van der Waals surface area contributed by atoms with Crippen LogP contribution in [0.4, 0.5) is 4.39 Å². The molecular formula is C25H25FN4O. The number of hydrogen-bond donors (Lipinski definition) is 1. The summed E-state index contributed by atoms with van der Waals surface area (Å²) in [4.78, 5) is 11.9. The van der Waals surface area contributed by atoms with Crippen molar-refractivity contribution in [2.75, 3.05) is 20.6 Å². The average Bonchev–Trinajstić information content (AvgIpc) is 2.78. The van der Waals surface area contributed by atoms with Gasteiger partial charge in [0.2, 0.25) is 0 Å². The Kier molecular flexibility index (Phi) is 6.21. The number of hydrogen-bond acceptors (Lipinski definition) is 5. The van der Waals surface area contributed by atoms with E-state index >= 15 is 0 Å². The largest absolute Gasteiger partial charge is 0.457 e. The highest BCUT2D eigenvalue weighted by Crippen LogP contribution is 2.31. The third-order valence-corrected chi connectivity index (χ3v) is 5.16. The van der Waals surface area contributed by atoms with Crippen molar-refractivity contribution in [3.8, 4) is 22.8 Å². The molecule has 3 aromatic carbocycles. The number of nitrogens with zero attached hydrogens (tertiary/aromatic N) is 3. The van der Waals surface area contributed by atoms with Crippen LogP contribution in [0.1, 0.15) is 18.3 Å². The summed E-state index contributed by atoms with van der Waals surface area (Å²) >= 11 is 0. The normalized spacial score (nSPS) is 12.3. The predicted octanol–water partition coefficient (Wildman–Crippen LogP) is 5.18. The molecule has 1 atom stereocenters. The maximum absolute atomic E-state index is 13.1. The Morgan fingerprint density at radius 1 is 0.903 bits per heavy atom. The van der Waals surface area contributed by atoms with Gasteiger partial charge in [0.25, 0.3) is 0 Å². The Bertz CT molecular complexity index is 1160. The van der Waals surface area contributed by atoms with Gasteiger partial charge in [-0.3, -0.25) is 4.90 Å². The van der Waals surface area contributed by atoms with E-state index in [-0.39, 0.29) is 11.9 Å². The molecule has 31 heavy (non-hydrogen) atoms. The number of para-hydroxylation sites is 1. The lowest BCUT2D eigenvalue weighted by atomic mass is 10.0. The molecular weight excluding hydrogens is 391 g/mol. The summed E-state index contributed by atoms with van der Waals surface area (Å²) in [6.45, 7) is 0.559. The molecule has 0 saturated carbocycles. The molecule has 158 valence electrons. The molecule has 5 nitrogen and oxygen atoms in total. The molecule has 0 saturated heterocycles. The number of halogens is 1. The lowest BCUT2D eigenvalue weighted by molar-refractivity contribution is 0.276. The Morgan fingerprint density at radius 2 is 1.55 bits per heavy atom. The van der Waals surface area contributed by atoms with Gasteiger partial charge in [-0.1, -0.05) is 18.2 Å². The Balaban J connectivity index is 1.71. The van der Waals surface area contributed by atoms with Crippen molar-refractivity contribution in [3.05, 3.63) is 84.4 Å². The molecule has 4 rings (SSSR count). The number of benzene rings is 3. The average molecular weight is 417 g/mol. The number of fused-ring (bicyclic) bond motifs is 1. The Labute approximate surface area is 181 Å². The Hall–Kier alpha value is -3.35. The third kappa shape index (κ3) is 4.71. The zero-order chi connectivity index (χ0) is 21.8.